The molecule has 21 heavy (non-hydrogen) atoms. The molecule has 2 atom stereocenters. The quantitative estimate of drug-likeness (QED) is 0.883. The van der Waals surface area contributed by atoms with Gasteiger partial charge in [-0.15, -0.1) is 0 Å². The van der Waals surface area contributed by atoms with Crippen molar-refractivity contribution in [3.63, 3.8) is 0 Å². The van der Waals surface area contributed by atoms with E-state index in [1.807, 2.05) is 37.3 Å². The van der Waals surface area contributed by atoms with Gasteiger partial charge in [0.2, 0.25) is 5.91 Å². The molecule has 1 aliphatic carbocycles. The van der Waals surface area contributed by atoms with Crippen molar-refractivity contribution in [1.29, 1.82) is 0 Å². The number of amides is 1. The van der Waals surface area contributed by atoms with Crippen LogP contribution in [-0.2, 0) is 4.79 Å². The summed E-state index contributed by atoms with van der Waals surface area (Å²) in [4.78, 5) is 11.9. The number of hydrogen-bond acceptors (Lipinski definition) is 2. The van der Waals surface area contributed by atoms with Gasteiger partial charge in [-0.25, -0.2) is 0 Å². The van der Waals surface area contributed by atoms with Gasteiger partial charge in [-0.05, 0) is 31.0 Å². The van der Waals surface area contributed by atoms with Gasteiger partial charge in [0.05, 0.1) is 6.54 Å². The lowest BCUT2D eigenvalue weighted by atomic mass is 10.1. The average Bonchev–Trinajstić information content (AvgIpc) is 3.28. The molecule has 0 spiro atoms. The lowest BCUT2D eigenvalue weighted by molar-refractivity contribution is -0.115. The molecule has 0 bridgehead atoms. The Morgan fingerprint density at radius 1 is 1.10 bits per heavy atom. The first-order valence-electron chi connectivity index (χ1n) is 7.37. The molecule has 108 valence electrons. The Labute approximate surface area is 125 Å². The molecular formula is C18H20N2O. The highest BCUT2D eigenvalue weighted by molar-refractivity contribution is 5.92. The minimum atomic E-state index is 0.0116. The molecule has 2 unspecified atom stereocenters. The van der Waals surface area contributed by atoms with Crippen molar-refractivity contribution >= 4 is 11.6 Å². The molecule has 0 aliphatic heterocycles. The summed E-state index contributed by atoms with van der Waals surface area (Å²) in [6.45, 7) is 2.39. The monoisotopic (exact) mass is 280 g/mol. The molecule has 3 nitrogen and oxygen atoms in total. The number of aryl methyl sites for hydroxylation is 1. The first-order chi connectivity index (χ1) is 10.2. The van der Waals surface area contributed by atoms with Crippen LogP contribution in [-0.4, -0.2) is 18.5 Å². The van der Waals surface area contributed by atoms with E-state index in [1.165, 1.54) is 11.1 Å². The lowest BCUT2D eigenvalue weighted by Crippen LogP contribution is -2.30. The summed E-state index contributed by atoms with van der Waals surface area (Å²) in [5.41, 5.74) is 3.39. The lowest BCUT2D eigenvalue weighted by Gasteiger charge is -2.07. The van der Waals surface area contributed by atoms with Crippen molar-refractivity contribution in [3.05, 3.63) is 65.7 Å². The third-order valence-electron chi connectivity index (χ3n) is 3.88. The average molecular weight is 280 g/mol. The van der Waals surface area contributed by atoms with Crippen molar-refractivity contribution in [1.82, 2.24) is 5.32 Å². The van der Waals surface area contributed by atoms with Crippen LogP contribution in [0.1, 0.15) is 23.5 Å². The van der Waals surface area contributed by atoms with E-state index in [0.717, 1.165) is 12.1 Å². The molecule has 1 saturated carbocycles. The molecule has 1 aliphatic rings. The normalized spacial score (nSPS) is 20.0. The zero-order valence-corrected chi connectivity index (χ0v) is 12.2. The predicted octanol–water partition coefficient (Wildman–Crippen LogP) is 3.08. The molecule has 1 fully saturated rings. The summed E-state index contributed by atoms with van der Waals surface area (Å²) in [5, 5.41) is 6.23. The number of anilines is 1. The van der Waals surface area contributed by atoms with E-state index in [2.05, 4.69) is 34.9 Å². The van der Waals surface area contributed by atoms with Crippen LogP contribution in [0.15, 0.2) is 54.6 Å². The van der Waals surface area contributed by atoms with Crippen LogP contribution in [0.25, 0.3) is 0 Å². The van der Waals surface area contributed by atoms with Crippen molar-refractivity contribution in [2.24, 2.45) is 0 Å². The largest absolute Gasteiger partial charge is 0.325 e. The van der Waals surface area contributed by atoms with Crippen LogP contribution in [0.4, 0.5) is 5.69 Å². The fraction of sp³-hybridized carbons (Fsp3) is 0.278. The van der Waals surface area contributed by atoms with Gasteiger partial charge in [0, 0.05) is 17.6 Å². The van der Waals surface area contributed by atoms with Crippen LogP contribution in [0.3, 0.4) is 0 Å². The predicted molar refractivity (Wildman–Crippen MR) is 85.4 cm³/mol. The fourth-order valence-electron chi connectivity index (χ4n) is 2.56. The Morgan fingerprint density at radius 2 is 1.81 bits per heavy atom. The SMILES string of the molecule is Cc1ccc(NC(=O)CNC2CC2c2ccccc2)cc1. The van der Waals surface area contributed by atoms with Gasteiger partial charge in [0.15, 0.2) is 0 Å². The van der Waals surface area contributed by atoms with Gasteiger partial charge < -0.3 is 10.6 Å². The summed E-state index contributed by atoms with van der Waals surface area (Å²) in [7, 11) is 0. The second-order valence-corrected chi connectivity index (χ2v) is 5.65. The zero-order valence-electron chi connectivity index (χ0n) is 12.2. The number of carbonyl (C=O) groups is 1. The minimum absolute atomic E-state index is 0.0116. The maximum atomic E-state index is 11.9. The third-order valence-corrected chi connectivity index (χ3v) is 3.88. The van der Waals surface area contributed by atoms with E-state index in [-0.39, 0.29) is 5.91 Å². The second kappa shape index (κ2) is 6.10. The maximum Gasteiger partial charge on any atom is 0.238 e. The molecule has 3 rings (SSSR count). The highest BCUT2D eigenvalue weighted by atomic mass is 16.1. The summed E-state index contributed by atoms with van der Waals surface area (Å²) < 4.78 is 0. The smallest absolute Gasteiger partial charge is 0.238 e. The van der Waals surface area contributed by atoms with Crippen molar-refractivity contribution in [3.8, 4) is 0 Å². The highest BCUT2D eigenvalue weighted by Gasteiger charge is 2.37. The van der Waals surface area contributed by atoms with Gasteiger partial charge in [-0.1, -0.05) is 48.0 Å². The highest BCUT2D eigenvalue weighted by Crippen LogP contribution is 2.40. The first-order valence-corrected chi connectivity index (χ1v) is 7.37. The second-order valence-electron chi connectivity index (χ2n) is 5.65. The van der Waals surface area contributed by atoms with E-state index < -0.39 is 0 Å². The fourth-order valence-corrected chi connectivity index (χ4v) is 2.56. The Balaban J connectivity index is 1.44. The molecule has 0 saturated heterocycles. The molecule has 0 heterocycles. The van der Waals surface area contributed by atoms with Gasteiger partial charge in [-0.3, -0.25) is 4.79 Å². The number of carbonyl (C=O) groups excluding carboxylic acids is 1. The number of hydrogen-bond donors (Lipinski definition) is 2. The van der Waals surface area contributed by atoms with E-state index in [9.17, 15) is 4.79 Å². The Kier molecular flexibility index (Phi) is 4.02. The van der Waals surface area contributed by atoms with E-state index in [1.54, 1.807) is 0 Å². The number of nitrogens with one attached hydrogen (secondary N) is 2. The Morgan fingerprint density at radius 3 is 2.52 bits per heavy atom. The summed E-state index contributed by atoms with van der Waals surface area (Å²) in [6, 6.07) is 18.7. The molecule has 1 amide bonds. The molecule has 2 aromatic rings. The minimum Gasteiger partial charge on any atom is -0.325 e. The van der Waals surface area contributed by atoms with Crippen molar-refractivity contribution < 1.29 is 4.79 Å². The topological polar surface area (TPSA) is 41.1 Å². The Hall–Kier alpha value is -2.13. The van der Waals surface area contributed by atoms with Crippen LogP contribution in [0, 0.1) is 6.92 Å². The van der Waals surface area contributed by atoms with Gasteiger partial charge in [-0.2, -0.15) is 0 Å². The summed E-state index contributed by atoms with van der Waals surface area (Å²) in [6.07, 6.45) is 1.11. The molecule has 0 radical (unpaired) electrons. The molecule has 3 heteroatoms. The van der Waals surface area contributed by atoms with Crippen LogP contribution in [0.5, 0.6) is 0 Å². The molecule has 2 N–H and O–H groups in total. The number of benzene rings is 2. The molecule has 2 aromatic carbocycles. The van der Waals surface area contributed by atoms with Crippen molar-refractivity contribution in [2.45, 2.75) is 25.3 Å². The van der Waals surface area contributed by atoms with Crippen LogP contribution in [0.2, 0.25) is 0 Å². The molecular weight excluding hydrogens is 260 g/mol. The zero-order chi connectivity index (χ0) is 14.7. The van der Waals surface area contributed by atoms with E-state index in [0.29, 0.717) is 18.5 Å². The van der Waals surface area contributed by atoms with Crippen LogP contribution >= 0.6 is 0 Å². The van der Waals surface area contributed by atoms with E-state index >= 15 is 0 Å². The molecule has 0 aromatic heterocycles. The van der Waals surface area contributed by atoms with Gasteiger partial charge in [0.25, 0.3) is 0 Å². The van der Waals surface area contributed by atoms with Gasteiger partial charge in [0.1, 0.15) is 0 Å². The summed E-state index contributed by atoms with van der Waals surface area (Å²) in [5.74, 6) is 0.566. The third kappa shape index (κ3) is 3.70. The van der Waals surface area contributed by atoms with Crippen molar-refractivity contribution in [2.75, 3.05) is 11.9 Å². The Bertz CT molecular complexity index is 607. The number of rotatable bonds is 5. The van der Waals surface area contributed by atoms with E-state index in [4.69, 9.17) is 0 Å². The summed E-state index contributed by atoms with van der Waals surface area (Å²) >= 11 is 0. The standard InChI is InChI=1S/C18H20N2O/c1-13-7-9-15(10-8-13)20-18(21)12-19-17-11-16(17)14-5-3-2-4-6-14/h2-10,16-17,19H,11-12H2,1H3,(H,20,21). The first kappa shape index (κ1) is 13.8. The van der Waals surface area contributed by atoms with Gasteiger partial charge >= 0.3 is 0 Å². The maximum absolute atomic E-state index is 11.9. The van der Waals surface area contributed by atoms with Crippen LogP contribution < -0.4 is 10.6 Å².